The highest BCUT2D eigenvalue weighted by Gasteiger charge is 2.17. The van der Waals surface area contributed by atoms with Crippen LogP contribution in [0.15, 0.2) is 24.5 Å². The number of morpholine rings is 1. The molecule has 0 atom stereocenters. The van der Waals surface area contributed by atoms with Gasteiger partial charge in [0.2, 0.25) is 5.91 Å². The van der Waals surface area contributed by atoms with Gasteiger partial charge in [-0.1, -0.05) is 19.3 Å². The summed E-state index contributed by atoms with van der Waals surface area (Å²) in [7, 11) is 0. The first-order valence-corrected chi connectivity index (χ1v) is 9.86. The molecule has 0 radical (unpaired) electrons. The van der Waals surface area contributed by atoms with Crippen LogP contribution in [0.5, 0.6) is 0 Å². The number of carbonyl (C=O) groups excluding carboxylic acids is 1. The number of hydrogen-bond acceptors (Lipinski definition) is 4. The molecule has 1 N–H and O–H groups in total. The minimum absolute atomic E-state index is 0.0579. The minimum atomic E-state index is 0.0579. The molecule has 0 spiro atoms. The van der Waals surface area contributed by atoms with Gasteiger partial charge in [-0.2, -0.15) is 0 Å². The number of rotatable bonds is 5. The molecular formula is C20H28N4O2. The fraction of sp³-hybridized carbons (Fsp3) is 0.600. The Labute approximate surface area is 154 Å². The molecule has 2 heterocycles. The number of fused-ring (bicyclic) bond motifs is 1. The number of anilines is 1. The van der Waals surface area contributed by atoms with Gasteiger partial charge in [-0.25, -0.2) is 4.98 Å². The van der Waals surface area contributed by atoms with Crippen LogP contribution < -0.4 is 5.32 Å². The van der Waals surface area contributed by atoms with E-state index in [2.05, 4.69) is 25.8 Å². The molecule has 1 aliphatic carbocycles. The van der Waals surface area contributed by atoms with Crippen molar-refractivity contribution in [2.75, 3.05) is 38.2 Å². The summed E-state index contributed by atoms with van der Waals surface area (Å²) in [6.07, 6.45) is 8.92. The van der Waals surface area contributed by atoms with Crippen LogP contribution in [0.25, 0.3) is 11.0 Å². The summed E-state index contributed by atoms with van der Waals surface area (Å²) < 4.78 is 7.66. The van der Waals surface area contributed by atoms with E-state index in [1.54, 1.807) is 0 Å². The topological polar surface area (TPSA) is 59.4 Å². The molecule has 2 fully saturated rings. The molecule has 4 rings (SSSR count). The van der Waals surface area contributed by atoms with E-state index >= 15 is 0 Å². The first-order valence-electron chi connectivity index (χ1n) is 9.86. The third-order valence-corrected chi connectivity index (χ3v) is 5.59. The molecule has 0 unspecified atom stereocenters. The largest absolute Gasteiger partial charge is 0.379 e. The summed E-state index contributed by atoms with van der Waals surface area (Å²) in [6.45, 7) is 4.15. The zero-order valence-electron chi connectivity index (χ0n) is 15.3. The number of aromatic nitrogens is 2. The summed E-state index contributed by atoms with van der Waals surface area (Å²) in [4.78, 5) is 19.1. The Balaban J connectivity index is 1.37. The van der Waals surface area contributed by atoms with E-state index < -0.39 is 0 Å². The van der Waals surface area contributed by atoms with Crippen LogP contribution in [0.4, 0.5) is 5.69 Å². The molecule has 1 saturated heterocycles. The lowest BCUT2D eigenvalue weighted by molar-refractivity contribution is -0.116. The maximum absolute atomic E-state index is 12.2. The highest BCUT2D eigenvalue weighted by atomic mass is 16.5. The quantitative estimate of drug-likeness (QED) is 0.894. The molecule has 0 bridgehead atoms. The fourth-order valence-corrected chi connectivity index (χ4v) is 4.07. The Hall–Kier alpha value is -1.92. The van der Waals surface area contributed by atoms with Gasteiger partial charge < -0.3 is 14.6 Å². The molecule has 1 saturated carbocycles. The van der Waals surface area contributed by atoms with Gasteiger partial charge in [0, 0.05) is 37.8 Å². The van der Waals surface area contributed by atoms with E-state index in [0.29, 0.717) is 12.5 Å². The van der Waals surface area contributed by atoms with Crippen molar-refractivity contribution in [2.45, 2.75) is 44.6 Å². The number of imidazole rings is 1. The standard InChI is InChI=1S/C20H28N4O2/c25-20(8-9-23-10-12-26-13-11-23)22-16-6-7-19-18(14-16)21-15-24(19)17-4-2-1-3-5-17/h6-7,14-15,17H,1-5,8-13H2,(H,22,25). The summed E-state index contributed by atoms with van der Waals surface area (Å²) >= 11 is 0. The van der Waals surface area contributed by atoms with E-state index in [9.17, 15) is 4.79 Å². The zero-order valence-corrected chi connectivity index (χ0v) is 15.3. The smallest absolute Gasteiger partial charge is 0.225 e. The Morgan fingerprint density at radius 3 is 2.81 bits per heavy atom. The number of nitrogens with one attached hydrogen (secondary N) is 1. The second-order valence-electron chi connectivity index (χ2n) is 7.40. The molecule has 6 nitrogen and oxygen atoms in total. The van der Waals surface area contributed by atoms with Gasteiger partial charge in [0.1, 0.15) is 0 Å². The van der Waals surface area contributed by atoms with Crippen molar-refractivity contribution in [1.82, 2.24) is 14.5 Å². The van der Waals surface area contributed by atoms with E-state index in [1.165, 1.54) is 37.6 Å². The second kappa shape index (κ2) is 8.18. The SMILES string of the molecule is O=C(CCN1CCOCC1)Nc1ccc2c(c1)ncn2C1CCCCC1. The Bertz CT molecular complexity index is 745. The molecule has 1 aromatic carbocycles. The molecule has 26 heavy (non-hydrogen) atoms. The van der Waals surface area contributed by atoms with Crippen LogP contribution in [0.3, 0.4) is 0 Å². The van der Waals surface area contributed by atoms with Crippen LogP contribution in [-0.2, 0) is 9.53 Å². The Kier molecular flexibility index (Phi) is 5.51. The predicted octanol–water partition coefficient (Wildman–Crippen LogP) is 3.20. The van der Waals surface area contributed by atoms with E-state index in [0.717, 1.165) is 44.1 Å². The summed E-state index contributed by atoms with van der Waals surface area (Å²) in [6, 6.07) is 6.65. The van der Waals surface area contributed by atoms with Gasteiger partial charge >= 0.3 is 0 Å². The van der Waals surface area contributed by atoms with Crippen molar-refractivity contribution in [3.63, 3.8) is 0 Å². The normalized spacial score (nSPS) is 19.7. The maximum Gasteiger partial charge on any atom is 0.225 e. The van der Waals surface area contributed by atoms with Gasteiger partial charge in [0.25, 0.3) is 0 Å². The van der Waals surface area contributed by atoms with Gasteiger partial charge in [0.05, 0.1) is 30.6 Å². The highest BCUT2D eigenvalue weighted by molar-refractivity contribution is 5.93. The molecule has 2 aliphatic rings. The van der Waals surface area contributed by atoms with Crippen LogP contribution in [0, 0.1) is 0 Å². The lowest BCUT2D eigenvalue weighted by Gasteiger charge is -2.26. The number of hydrogen-bond donors (Lipinski definition) is 1. The number of amides is 1. The van der Waals surface area contributed by atoms with E-state index in [1.807, 2.05) is 18.5 Å². The average molecular weight is 356 g/mol. The first kappa shape index (κ1) is 17.5. The molecular weight excluding hydrogens is 328 g/mol. The van der Waals surface area contributed by atoms with Crippen molar-refractivity contribution in [3.8, 4) is 0 Å². The molecule has 6 heteroatoms. The predicted molar refractivity (Wildman–Crippen MR) is 102 cm³/mol. The van der Waals surface area contributed by atoms with Crippen molar-refractivity contribution in [3.05, 3.63) is 24.5 Å². The van der Waals surface area contributed by atoms with Crippen molar-refractivity contribution >= 4 is 22.6 Å². The monoisotopic (exact) mass is 356 g/mol. The number of nitrogens with zero attached hydrogens (tertiary/aromatic N) is 3. The summed E-state index contributed by atoms with van der Waals surface area (Å²) in [5, 5.41) is 3.02. The zero-order chi connectivity index (χ0) is 17.8. The molecule has 1 amide bonds. The first-order chi connectivity index (χ1) is 12.8. The molecule has 2 aromatic rings. The number of benzene rings is 1. The highest BCUT2D eigenvalue weighted by Crippen LogP contribution is 2.31. The van der Waals surface area contributed by atoms with E-state index in [-0.39, 0.29) is 5.91 Å². The van der Waals surface area contributed by atoms with E-state index in [4.69, 9.17) is 4.74 Å². The number of carbonyl (C=O) groups is 1. The van der Waals surface area contributed by atoms with Gasteiger partial charge in [-0.05, 0) is 31.0 Å². The maximum atomic E-state index is 12.2. The van der Waals surface area contributed by atoms with Crippen LogP contribution >= 0.6 is 0 Å². The van der Waals surface area contributed by atoms with Crippen LogP contribution in [0.1, 0.15) is 44.6 Å². The Morgan fingerprint density at radius 2 is 2.00 bits per heavy atom. The third kappa shape index (κ3) is 4.07. The van der Waals surface area contributed by atoms with Crippen molar-refractivity contribution in [1.29, 1.82) is 0 Å². The van der Waals surface area contributed by atoms with Gasteiger partial charge in [-0.3, -0.25) is 9.69 Å². The van der Waals surface area contributed by atoms with Crippen molar-refractivity contribution < 1.29 is 9.53 Å². The lowest BCUT2D eigenvalue weighted by Crippen LogP contribution is -2.38. The minimum Gasteiger partial charge on any atom is -0.379 e. The van der Waals surface area contributed by atoms with Gasteiger partial charge in [-0.15, -0.1) is 0 Å². The second-order valence-corrected chi connectivity index (χ2v) is 7.40. The lowest BCUT2D eigenvalue weighted by atomic mass is 9.95. The van der Waals surface area contributed by atoms with Gasteiger partial charge in [0.15, 0.2) is 0 Å². The van der Waals surface area contributed by atoms with Crippen LogP contribution in [0.2, 0.25) is 0 Å². The average Bonchev–Trinajstić information content (AvgIpc) is 3.11. The fourth-order valence-electron chi connectivity index (χ4n) is 4.07. The molecule has 1 aromatic heterocycles. The van der Waals surface area contributed by atoms with Crippen LogP contribution in [-0.4, -0.2) is 53.2 Å². The Morgan fingerprint density at radius 1 is 1.19 bits per heavy atom. The number of ether oxygens (including phenoxy) is 1. The molecule has 140 valence electrons. The molecule has 1 aliphatic heterocycles. The summed E-state index contributed by atoms with van der Waals surface area (Å²) in [5.41, 5.74) is 2.96. The van der Waals surface area contributed by atoms with Crippen molar-refractivity contribution in [2.24, 2.45) is 0 Å². The summed E-state index contributed by atoms with van der Waals surface area (Å²) in [5.74, 6) is 0.0579. The third-order valence-electron chi connectivity index (χ3n) is 5.59.